The minimum Gasteiger partial charge on any atom is -0.236 e. The van der Waals surface area contributed by atoms with E-state index in [2.05, 4.69) is 18.1 Å². The van der Waals surface area contributed by atoms with Gasteiger partial charge in [0, 0.05) is 11.6 Å². The molecule has 1 aliphatic carbocycles. The first-order valence-electron chi connectivity index (χ1n) is 6.13. The van der Waals surface area contributed by atoms with Gasteiger partial charge in [-0.1, -0.05) is 30.7 Å². The van der Waals surface area contributed by atoms with Crippen molar-refractivity contribution in [1.82, 2.24) is 9.78 Å². The first kappa shape index (κ1) is 10.8. The molecule has 1 saturated carbocycles. The average Bonchev–Trinajstić information content (AvgIpc) is 3.10. The molecule has 0 amide bonds. The van der Waals surface area contributed by atoms with Crippen molar-refractivity contribution in [2.45, 2.75) is 32.1 Å². The van der Waals surface area contributed by atoms with Crippen molar-refractivity contribution >= 4 is 11.6 Å². The summed E-state index contributed by atoms with van der Waals surface area (Å²) in [5.74, 6) is 0.680. The van der Waals surface area contributed by atoms with Gasteiger partial charge in [-0.05, 0) is 37.5 Å². The highest BCUT2D eigenvalue weighted by Gasteiger charge is 2.28. The molecule has 17 heavy (non-hydrogen) atoms. The molecule has 0 spiro atoms. The monoisotopic (exact) mass is 246 g/mol. The van der Waals surface area contributed by atoms with Crippen LogP contribution in [0.1, 0.15) is 37.1 Å². The maximum absolute atomic E-state index is 6.25. The van der Waals surface area contributed by atoms with Crippen LogP contribution in [0, 0.1) is 0 Å². The van der Waals surface area contributed by atoms with Crippen molar-refractivity contribution in [2.75, 3.05) is 0 Å². The van der Waals surface area contributed by atoms with Crippen LogP contribution in [0.3, 0.4) is 0 Å². The zero-order chi connectivity index (χ0) is 11.8. The zero-order valence-corrected chi connectivity index (χ0v) is 10.6. The molecule has 3 rings (SSSR count). The SMILES string of the molecule is CCc1cc(C2CC2)n(-c2ccccc2Cl)n1. The Morgan fingerprint density at radius 2 is 2.12 bits per heavy atom. The number of hydrogen-bond donors (Lipinski definition) is 0. The van der Waals surface area contributed by atoms with Crippen molar-refractivity contribution in [3.05, 3.63) is 46.7 Å². The van der Waals surface area contributed by atoms with Gasteiger partial charge in [-0.3, -0.25) is 0 Å². The van der Waals surface area contributed by atoms with E-state index in [4.69, 9.17) is 11.6 Å². The Balaban J connectivity index is 2.12. The van der Waals surface area contributed by atoms with Crippen LogP contribution in [0.15, 0.2) is 30.3 Å². The van der Waals surface area contributed by atoms with Crippen LogP contribution in [0.4, 0.5) is 0 Å². The Morgan fingerprint density at radius 1 is 1.35 bits per heavy atom. The second-order valence-electron chi connectivity index (χ2n) is 4.55. The first-order chi connectivity index (χ1) is 8.29. The third-order valence-electron chi connectivity index (χ3n) is 3.23. The van der Waals surface area contributed by atoms with Gasteiger partial charge in [0.2, 0.25) is 0 Å². The van der Waals surface area contributed by atoms with Gasteiger partial charge in [-0.2, -0.15) is 5.10 Å². The van der Waals surface area contributed by atoms with Gasteiger partial charge in [-0.15, -0.1) is 0 Å². The third-order valence-corrected chi connectivity index (χ3v) is 3.55. The molecule has 1 aromatic carbocycles. The Labute approximate surface area is 106 Å². The molecule has 0 N–H and O–H groups in total. The van der Waals surface area contributed by atoms with Crippen LogP contribution < -0.4 is 0 Å². The van der Waals surface area contributed by atoms with E-state index < -0.39 is 0 Å². The fourth-order valence-corrected chi connectivity index (χ4v) is 2.32. The summed E-state index contributed by atoms with van der Waals surface area (Å²) >= 11 is 6.25. The van der Waals surface area contributed by atoms with Gasteiger partial charge in [0.05, 0.1) is 16.4 Å². The maximum atomic E-state index is 6.25. The number of nitrogens with zero attached hydrogens (tertiary/aromatic N) is 2. The molecular formula is C14H15ClN2. The summed E-state index contributed by atoms with van der Waals surface area (Å²) in [7, 11) is 0. The molecule has 1 aliphatic rings. The lowest BCUT2D eigenvalue weighted by atomic mass is 10.2. The first-order valence-corrected chi connectivity index (χ1v) is 6.51. The quantitative estimate of drug-likeness (QED) is 0.802. The van der Waals surface area contributed by atoms with Gasteiger partial charge in [0.1, 0.15) is 0 Å². The van der Waals surface area contributed by atoms with E-state index in [1.54, 1.807) is 0 Å². The molecule has 0 atom stereocenters. The Morgan fingerprint density at radius 3 is 2.76 bits per heavy atom. The molecule has 1 fully saturated rings. The normalized spacial score (nSPS) is 15.2. The minimum absolute atomic E-state index is 0.680. The van der Waals surface area contributed by atoms with E-state index in [1.165, 1.54) is 18.5 Å². The topological polar surface area (TPSA) is 17.8 Å². The predicted octanol–water partition coefficient (Wildman–Crippen LogP) is 3.97. The lowest BCUT2D eigenvalue weighted by Gasteiger charge is -2.08. The molecule has 2 nitrogen and oxygen atoms in total. The van der Waals surface area contributed by atoms with Gasteiger partial charge < -0.3 is 0 Å². The molecule has 1 heterocycles. The van der Waals surface area contributed by atoms with E-state index in [0.29, 0.717) is 5.92 Å². The number of rotatable bonds is 3. The van der Waals surface area contributed by atoms with Crippen LogP contribution in [-0.2, 0) is 6.42 Å². The summed E-state index contributed by atoms with van der Waals surface area (Å²) < 4.78 is 2.03. The molecule has 0 saturated heterocycles. The number of benzene rings is 1. The van der Waals surface area contributed by atoms with E-state index in [-0.39, 0.29) is 0 Å². The van der Waals surface area contributed by atoms with Gasteiger partial charge in [0.15, 0.2) is 0 Å². The number of para-hydroxylation sites is 1. The standard InChI is InChI=1S/C14H15ClN2/c1-2-11-9-14(10-7-8-10)17(16-11)13-6-4-3-5-12(13)15/h3-6,9-10H,2,7-8H2,1H3. The zero-order valence-electron chi connectivity index (χ0n) is 9.86. The lowest BCUT2D eigenvalue weighted by molar-refractivity contribution is 0.790. The largest absolute Gasteiger partial charge is 0.236 e. The van der Waals surface area contributed by atoms with Crippen molar-refractivity contribution in [1.29, 1.82) is 0 Å². The molecule has 0 unspecified atom stereocenters. The van der Waals surface area contributed by atoms with Crippen molar-refractivity contribution in [3.8, 4) is 5.69 Å². The summed E-state index contributed by atoms with van der Waals surface area (Å²) in [6.07, 6.45) is 3.52. The third kappa shape index (κ3) is 1.98. The summed E-state index contributed by atoms with van der Waals surface area (Å²) in [5.41, 5.74) is 3.46. The number of halogens is 1. The smallest absolute Gasteiger partial charge is 0.0835 e. The Kier molecular flexibility index (Phi) is 2.67. The minimum atomic E-state index is 0.680. The van der Waals surface area contributed by atoms with Crippen molar-refractivity contribution < 1.29 is 0 Å². The molecule has 0 bridgehead atoms. The van der Waals surface area contributed by atoms with Crippen LogP contribution in [0.25, 0.3) is 5.69 Å². The fraction of sp³-hybridized carbons (Fsp3) is 0.357. The van der Waals surface area contributed by atoms with E-state index >= 15 is 0 Å². The molecule has 0 aliphatic heterocycles. The molecular weight excluding hydrogens is 232 g/mol. The second-order valence-corrected chi connectivity index (χ2v) is 4.96. The summed E-state index contributed by atoms with van der Waals surface area (Å²) in [6.45, 7) is 2.13. The Bertz CT molecular complexity index is 541. The molecule has 2 aromatic rings. The van der Waals surface area contributed by atoms with Crippen LogP contribution in [0.2, 0.25) is 5.02 Å². The summed E-state index contributed by atoms with van der Waals surface area (Å²) in [4.78, 5) is 0. The number of aromatic nitrogens is 2. The maximum Gasteiger partial charge on any atom is 0.0835 e. The van der Waals surface area contributed by atoms with E-state index in [1.807, 2.05) is 28.9 Å². The van der Waals surface area contributed by atoms with Crippen LogP contribution in [0.5, 0.6) is 0 Å². The molecule has 88 valence electrons. The number of hydrogen-bond acceptors (Lipinski definition) is 1. The van der Waals surface area contributed by atoms with Crippen molar-refractivity contribution in [2.24, 2.45) is 0 Å². The Hall–Kier alpha value is -1.28. The molecule has 3 heteroatoms. The van der Waals surface area contributed by atoms with Gasteiger partial charge in [0.25, 0.3) is 0 Å². The highest BCUT2D eigenvalue weighted by molar-refractivity contribution is 6.32. The fourth-order valence-electron chi connectivity index (χ4n) is 2.11. The molecule has 0 radical (unpaired) electrons. The average molecular weight is 247 g/mol. The van der Waals surface area contributed by atoms with E-state index in [0.717, 1.165) is 22.8 Å². The predicted molar refractivity (Wildman–Crippen MR) is 69.9 cm³/mol. The van der Waals surface area contributed by atoms with Gasteiger partial charge in [-0.25, -0.2) is 4.68 Å². The van der Waals surface area contributed by atoms with Crippen molar-refractivity contribution in [3.63, 3.8) is 0 Å². The molecule has 1 aromatic heterocycles. The summed E-state index contributed by atoms with van der Waals surface area (Å²) in [6, 6.07) is 10.1. The van der Waals surface area contributed by atoms with Crippen LogP contribution >= 0.6 is 11.6 Å². The lowest BCUT2D eigenvalue weighted by Crippen LogP contribution is -2.02. The highest BCUT2D eigenvalue weighted by Crippen LogP contribution is 2.41. The second kappa shape index (κ2) is 4.19. The highest BCUT2D eigenvalue weighted by atomic mass is 35.5. The van der Waals surface area contributed by atoms with Crippen LogP contribution in [-0.4, -0.2) is 9.78 Å². The summed E-state index contributed by atoms with van der Waals surface area (Å²) in [5, 5.41) is 5.42. The van der Waals surface area contributed by atoms with Gasteiger partial charge >= 0.3 is 0 Å². The van der Waals surface area contributed by atoms with E-state index in [9.17, 15) is 0 Å². The number of aryl methyl sites for hydroxylation is 1.